The monoisotopic (exact) mass is 338 g/mol. The molecule has 0 aliphatic heterocycles. The number of benzene rings is 1. The summed E-state index contributed by atoms with van der Waals surface area (Å²) in [5.74, 6) is -2.12. The van der Waals surface area contributed by atoms with Crippen molar-refractivity contribution in [2.24, 2.45) is 0 Å². The second-order valence-corrected chi connectivity index (χ2v) is 4.57. The van der Waals surface area contributed by atoms with Crippen LogP contribution in [0.1, 0.15) is 24.2 Å². The number of hydrogen-bond acceptors (Lipinski definition) is 6. The van der Waals surface area contributed by atoms with Gasteiger partial charge in [0, 0.05) is 18.9 Å². The van der Waals surface area contributed by atoms with Gasteiger partial charge in [0.1, 0.15) is 0 Å². The smallest absolute Gasteiger partial charge is 0.337 e. The first-order chi connectivity index (χ1) is 11.5. The quantitative estimate of drug-likeness (QED) is 0.415. The van der Waals surface area contributed by atoms with Crippen molar-refractivity contribution < 1.29 is 28.6 Å². The number of amides is 2. The third-order valence-electron chi connectivity index (χ3n) is 2.90. The van der Waals surface area contributed by atoms with Crippen LogP contribution >= 0.6 is 0 Å². The lowest BCUT2D eigenvalue weighted by atomic mass is 10.2. The molecule has 0 heterocycles. The van der Waals surface area contributed by atoms with Gasteiger partial charge in [-0.2, -0.15) is 0 Å². The Labute approximate surface area is 140 Å². The number of carbonyl (C=O) groups is 3. The van der Waals surface area contributed by atoms with Crippen LogP contribution in [0.5, 0.6) is 0 Å². The molecule has 2 amide bonds. The van der Waals surface area contributed by atoms with E-state index in [1.165, 1.54) is 31.4 Å². The summed E-state index contributed by atoms with van der Waals surface area (Å²) in [6.45, 7) is 4.53. The molecule has 0 atom stereocenters. The molecular weight excluding hydrogens is 316 g/mol. The second-order valence-electron chi connectivity index (χ2n) is 4.57. The van der Waals surface area contributed by atoms with E-state index in [4.69, 9.17) is 9.47 Å². The molecule has 0 aliphatic carbocycles. The largest absolute Gasteiger partial charge is 0.465 e. The maximum Gasteiger partial charge on any atom is 0.337 e. The Balaban J connectivity index is 2.51. The first-order valence-electron chi connectivity index (χ1n) is 7.52. The Bertz CT molecular complexity index is 552. The minimum Gasteiger partial charge on any atom is -0.465 e. The molecule has 1 rings (SSSR count). The van der Waals surface area contributed by atoms with Gasteiger partial charge in [-0.3, -0.25) is 9.59 Å². The number of nitrogens with one attached hydrogen (secondary N) is 2. The highest BCUT2D eigenvalue weighted by Gasteiger charge is 2.16. The van der Waals surface area contributed by atoms with Crippen molar-refractivity contribution in [3.63, 3.8) is 0 Å². The highest BCUT2D eigenvalue weighted by atomic mass is 16.7. The van der Waals surface area contributed by atoms with Crippen molar-refractivity contribution in [3.8, 4) is 0 Å². The first kappa shape index (κ1) is 19.6. The van der Waals surface area contributed by atoms with Gasteiger partial charge < -0.3 is 24.8 Å². The number of carbonyl (C=O) groups excluding carboxylic acids is 3. The third kappa shape index (κ3) is 6.35. The third-order valence-corrected chi connectivity index (χ3v) is 2.90. The van der Waals surface area contributed by atoms with Crippen LogP contribution < -0.4 is 10.6 Å². The summed E-state index contributed by atoms with van der Waals surface area (Å²) in [6, 6.07) is 5.97. The SMILES string of the molecule is CCOC(CNC(=O)C(=O)Nc1ccc(C(=O)OC)cc1)OCC. The van der Waals surface area contributed by atoms with E-state index in [-0.39, 0.29) is 6.54 Å². The Morgan fingerprint density at radius 1 is 1.00 bits per heavy atom. The van der Waals surface area contributed by atoms with Crippen LogP contribution in [0, 0.1) is 0 Å². The Morgan fingerprint density at radius 3 is 2.08 bits per heavy atom. The van der Waals surface area contributed by atoms with E-state index in [0.29, 0.717) is 24.5 Å². The van der Waals surface area contributed by atoms with Crippen LogP contribution in [0.15, 0.2) is 24.3 Å². The normalized spacial score (nSPS) is 10.3. The predicted molar refractivity (Wildman–Crippen MR) is 86.5 cm³/mol. The second kappa shape index (κ2) is 10.3. The maximum absolute atomic E-state index is 11.8. The van der Waals surface area contributed by atoms with Gasteiger partial charge in [-0.1, -0.05) is 0 Å². The average Bonchev–Trinajstić information content (AvgIpc) is 2.59. The fourth-order valence-electron chi connectivity index (χ4n) is 1.79. The summed E-state index contributed by atoms with van der Waals surface area (Å²) in [7, 11) is 1.28. The fourth-order valence-corrected chi connectivity index (χ4v) is 1.79. The molecule has 0 aliphatic rings. The number of esters is 1. The topological polar surface area (TPSA) is 103 Å². The van der Waals surface area contributed by atoms with Crippen LogP contribution in [-0.2, 0) is 23.8 Å². The van der Waals surface area contributed by atoms with Crippen LogP contribution in [0.2, 0.25) is 0 Å². The van der Waals surface area contributed by atoms with Gasteiger partial charge >= 0.3 is 17.8 Å². The van der Waals surface area contributed by atoms with Crippen LogP contribution in [0.3, 0.4) is 0 Å². The van der Waals surface area contributed by atoms with E-state index in [0.717, 1.165) is 0 Å². The summed E-state index contributed by atoms with van der Waals surface area (Å²) >= 11 is 0. The van der Waals surface area contributed by atoms with E-state index in [1.54, 1.807) is 13.8 Å². The van der Waals surface area contributed by atoms with Gasteiger partial charge in [0.2, 0.25) is 0 Å². The zero-order chi connectivity index (χ0) is 17.9. The zero-order valence-corrected chi connectivity index (χ0v) is 14.0. The van der Waals surface area contributed by atoms with Gasteiger partial charge in [0.25, 0.3) is 0 Å². The van der Waals surface area contributed by atoms with Gasteiger partial charge in [0.05, 0.1) is 19.2 Å². The Morgan fingerprint density at radius 2 is 1.58 bits per heavy atom. The number of hydrogen-bond donors (Lipinski definition) is 2. The molecule has 2 N–H and O–H groups in total. The lowest BCUT2D eigenvalue weighted by molar-refractivity contribution is -0.145. The van der Waals surface area contributed by atoms with Crippen molar-refractivity contribution in [2.45, 2.75) is 20.1 Å². The summed E-state index contributed by atoms with van der Waals surface area (Å²) < 4.78 is 15.1. The van der Waals surface area contributed by atoms with E-state index >= 15 is 0 Å². The molecule has 0 spiro atoms. The maximum atomic E-state index is 11.8. The van der Waals surface area contributed by atoms with Gasteiger partial charge in [-0.25, -0.2) is 4.79 Å². The molecule has 1 aromatic rings. The molecular formula is C16H22N2O6. The van der Waals surface area contributed by atoms with Crippen LogP contribution in [0.25, 0.3) is 0 Å². The molecule has 24 heavy (non-hydrogen) atoms. The Hall–Kier alpha value is -2.45. The minimum atomic E-state index is -0.826. The van der Waals surface area contributed by atoms with Crippen molar-refractivity contribution >= 4 is 23.5 Å². The molecule has 8 heteroatoms. The zero-order valence-electron chi connectivity index (χ0n) is 14.0. The van der Waals surface area contributed by atoms with Gasteiger partial charge in [-0.05, 0) is 38.1 Å². The standard InChI is InChI=1S/C16H22N2O6/c1-4-23-13(24-5-2)10-17-14(19)15(20)18-12-8-6-11(7-9-12)16(21)22-3/h6-9,13H,4-5,10H2,1-3H3,(H,17,19)(H,18,20). The lowest BCUT2D eigenvalue weighted by Crippen LogP contribution is -2.41. The minimum absolute atomic E-state index is 0.0647. The van der Waals surface area contributed by atoms with Crippen molar-refractivity contribution in [2.75, 3.05) is 32.2 Å². The molecule has 0 saturated heterocycles. The van der Waals surface area contributed by atoms with E-state index in [1.807, 2.05) is 0 Å². The van der Waals surface area contributed by atoms with E-state index in [9.17, 15) is 14.4 Å². The van der Waals surface area contributed by atoms with Gasteiger partial charge in [-0.15, -0.1) is 0 Å². The fraction of sp³-hybridized carbons (Fsp3) is 0.438. The predicted octanol–water partition coefficient (Wildman–Crippen LogP) is 0.927. The molecule has 0 radical (unpaired) electrons. The van der Waals surface area contributed by atoms with Crippen LogP contribution in [-0.4, -0.2) is 50.9 Å². The first-order valence-corrected chi connectivity index (χ1v) is 7.52. The van der Waals surface area contributed by atoms with Crippen molar-refractivity contribution in [1.29, 1.82) is 0 Å². The lowest BCUT2D eigenvalue weighted by Gasteiger charge is -2.17. The molecule has 8 nitrogen and oxygen atoms in total. The molecule has 132 valence electrons. The number of ether oxygens (including phenoxy) is 3. The van der Waals surface area contributed by atoms with Gasteiger partial charge in [0.15, 0.2) is 6.29 Å². The van der Waals surface area contributed by atoms with E-state index < -0.39 is 24.1 Å². The summed E-state index contributed by atoms with van der Waals surface area (Å²) in [4.78, 5) is 34.9. The van der Waals surface area contributed by atoms with Crippen molar-refractivity contribution in [3.05, 3.63) is 29.8 Å². The summed E-state index contributed by atoms with van der Waals surface area (Å²) in [5.41, 5.74) is 0.727. The summed E-state index contributed by atoms with van der Waals surface area (Å²) in [6.07, 6.45) is -0.601. The molecule has 0 unspecified atom stereocenters. The molecule has 1 aromatic carbocycles. The highest BCUT2D eigenvalue weighted by molar-refractivity contribution is 6.39. The molecule has 0 bridgehead atoms. The number of anilines is 1. The number of methoxy groups -OCH3 is 1. The molecule has 0 saturated carbocycles. The van der Waals surface area contributed by atoms with Crippen LogP contribution in [0.4, 0.5) is 5.69 Å². The summed E-state index contributed by atoms with van der Waals surface area (Å²) in [5, 5.41) is 4.86. The number of rotatable bonds is 8. The van der Waals surface area contributed by atoms with E-state index in [2.05, 4.69) is 15.4 Å². The molecule has 0 fully saturated rings. The highest BCUT2D eigenvalue weighted by Crippen LogP contribution is 2.10. The average molecular weight is 338 g/mol. The molecule has 0 aromatic heterocycles. The van der Waals surface area contributed by atoms with Crippen molar-refractivity contribution in [1.82, 2.24) is 5.32 Å². The Kier molecular flexibility index (Phi) is 8.45.